The van der Waals surface area contributed by atoms with Gasteiger partial charge in [0.15, 0.2) is 5.69 Å². The van der Waals surface area contributed by atoms with Crippen molar-refractivity contribution >= 4 is 5.91 Å². The Bertz CT molecular complexity index is 574. The molecule has 0 spiro atoms. The summed E-state index contributed by atoms with van der Waals surface area (Å²) in [7, 11) is 3.30. The van der Waals surface area contributed by atoms with Gasteiger partial charge in [0.2, 0.25) is 0 Å². The van der Waals surface area contributed by atoms with Gasteiger partial charge in [0.25, 0.3) is 5.91 Å². The second kappa shape index (κ2) is 4.56. The van der Waals surface area contributed by atoms with Gasteiger partial charge in [-0.3, -0.25) is 4.79 Å². The molecule has 6 heteroatoms. The van der Waals surface area contributed by atoms with Crippen LogP contribution < -0.4 is 0 Å². The molecule has 1 amide bonds. The van der Waals surface area contributed by atoms with Crippen LogP contribution >= 0.6 is 0 Å². The molecule has 0 atom stereocenters. The third-order valence-corrected chi connectivity index (χ3v) is 2.57. The number of amides is 1. The predicted molar refractivity (Wildman–Crippen MR) is 64.1 cm³/mol. The molecule has 0 bridgehead atoms. The Morgan fingerprint density at radius 3 is 2.44 bits per heavy atom. The summed E-state index contributed by atoms with van der Waals surface area (Å²) in [5, 5.41) is 7.78. The molecule has 0 radical (unpaired) electrons. The van der Waals surface area contributed by atoms with Crippen molar-refractivity contribution in [2.24, 2.45) is 0 Å². The standard InChI is InChI=1S/C12H13FN4O/c1-8-11(12(18)16(2)3)14-15-17(8)10-6-4-9(13)5-7-10/h4-7H,1-3H3. The fourth-order valence-corrected chi connectivity index (χ4v) is 1.57. The summed E-state index contributed by atoms with van der Waals surface area (Å²) < 4.78 is 14.3. The van der Waals surface area contributed by atoms with Gasteiger partial charge in [-0.1, -0.05) is 5.21 Å². The molecular formula is C12H13FN4O. The third kappa shape index (κ3) is 2.09. The van der Waals surface area contributed by atoms with E-state index >= 15 is 0 Å². The summed E-state index contributed by atoms with van der Waals surface area (Å²) in [6.07, 6.45) is 0. The molecule has 5 nitrogen and oxygen atoms in total. The summed E-state index contributed by atoms with van der Waals surface area (Å²) in [6.45, 7) is 1.75. The fourth-order valence-electron chi connectivity index (χ4n) is 1.57. The first kappa shape index (κ1) is 12.2. The monoisotopic (exact) mass is 248 g/mol. The number of carbonyl (C=O) groups excluding carboxylic acids is 1. The van der Waals surface area contributed by atoms with Gasteiger partial charge in [0.05, 0.1) is 11.4 Å². The first-order valence-corrected chi connectivity index (χ1v) is 5.40. The Balaban J connectivity index is 2.42. The lowest BCUT2D eigenvalue weighted by Crippen LogP contribution is -2.23. The lowest BCUT2D eigenvalue weighted by Gasteiger charge is -2.08. The topological polar surface area (TPSA) is 51.0 Å². The van der Waals surface area contributed by atoms with E-state index in [1.54, 1.807) is 33.2 Å². The number of halogens is 1. The number of aromatic nitrogens is 3. The Morgan fingerprint density at radius 2 is 1.89 bits per heavy atom. The zero-order valence-corrected chi connectivity index (χ0v) is 10.4. The molecule has 2 aromatic rings. The average molecular weight is 248 g/mol. The van der Waals surface area contributed by atoms with E-state index in [2.05, 4.69) is 10.3 Å². The summed E-state index contributed by atoms with van der Waals surface area (Å²) in [6, 6.07) is 5.84. The van der Waals surface area contributed by atoms with Crippen LogP contribution in [0.25, 0.3) is 5.69 Å². The highest BCUT2D eigenvalue weighted by molar-refractivity contribution is 5.92. The van der Waals surface area contributed by atoms with Gasteiger partial charge in [-0.2, -0.15) is 0 Å². The molecule has 0 fully saturated rings. The van der Waals surface area contributed by atoms with Gasteiger partial charge >= 0.3 is 0 Å². The molecule has 0 N–H and O–H groups in total. The van der Waals surface area contributed by atoms with E-state index < -0.39 is 0 Å². The molecule has 94 valence electrons. The molecule has 0 unspecified atom stereocenters. The average Bonchev–Trinajstić information content (AvgIpc) is 2.71. The minimum absolute atomic E-state index is 0.208. The molecule has 2 rings (SSSR count). The van der Waals surface area contributed by atoms with Crippen LogP contribution in [0.1, 0.15) is 16.2 Å². The summed E-state index contributed by atoms with van der Waals surface area (Å²) in [5.41, 5.74) is 1.59. The highest BCUT2D eigenvalue weighted by atomic mass is 19.1. The van der Waals surface area contributed by atoms with Gasteiger partial charge < -0.3 is 4.90 Å². The van der Waals surface area contributed by atoms with Gasteiger partial charge in [0.1, 0.15) is 5.82 Å². The Morgan fingerprint density at radius 1 is 1.28 bits per heavy atom. The van der Waals surface area contributed by atoms with E-state index in [0.29, 0.717) is 17.1 Å². The minimum Gasteiger partial charge on any atom is -0.343 e. The van der Waals surface area contributed by atoms with Crippen molar-refractivity contribution in [3.63, 3.8) is 0 Å². The van der Waals surface area contributed by atoms with Crippen LogP contribution in [0.4, 0.5) is 4.39 Å². The molecule has 0 aliphatic heterocycles. The number of hydrogen-bond donors (Lipinski definition) is 0. The van der Waals surface area contributed by atoms with Crippen LogP contribution in [0.15, 0.2) is 24.3 Å². The van der Waals surface area contributed by atoms with E-state index in [1.807, 2.05) is 0 Å². The smallest absolute Gasteiger partial charge is 0.275 e. The highest BCUT2D eigenvalue weighted by Crippen LogP contribution is 2.13. The zero-order chi connectivity index (χ0) is 13.3. The van der Waals surface area contributed by atoms with Crippen molar-refractivity contribution in [3.8, 4) is 5.69 Å². The van der Waals surface area contributed by atoms with Crippen molar-refractivity contribution in [1.82, 2.24) is 19.9 Å². The summed E-state index contributed by atoms with van der Waals surface area (Å²) >= 11 is 0. The van der Waals surface area contributed by atoms with Crippen molar-refractivity contribution in [2.75, 3.05) is 14.1 Å². The maximum Gasteiger partial charge on any atom is 0.275 e. The van der Waals surface area contributed by atoms with E-state index in [9.17, 15) is 9.18 Å². The second-order valence-electron chi connectivity index (χ2n) is 4.11. The van der Waals surface area contributed by atoms with E-state index in [1.165, 1.54) is 21.7 Å². The molecule has 0 saturated heterocycles. The maximum absolute atomic E-state index is 12.8. The first-order chi connectivity index (χ1) is 8.50. The maximum atomic E-state index is 12.8. The molecule has 1 aromatic carbocycles. The van der Waals surface area contributed by atoms with Crippen molar-refractivity contribution in [2.45, 2.75) is 6.92 Å². The van der Waals surface area contributed by atoms with Gasteiger partial charge in [-0.25, -0.2) is 9.07 Å². The predicted octanol–water partition coefficient (Wildman–Crippen LogP) is 1.42. The SMILES string of the molecule is Cc1c(C(=O)N(C)C)nnn1-c1ccc(F)cc1. The van der Waals surface area contributed by atoms with E-state index in [0.717, 1.165) is 0 Å². The molecule has 0 aliphatic carbocycles. The lowest BCUT2D eigenvalue weighted by molar-refractivity contribution is 0.0821. The molecular weight excluding hydrogens is 235 g/mol. The van der Waals surface area contributed by atoms with Crippen LogP contribution in [0.2, 0.25) is 0 Å². The van der Waals surface area contributed by atoms with Gasteiger partial charge in [0, 0.05) is 14.1 Å². The molecule has 18 heavy (non-hydrogen) atoms. The fraction of sp³-hybridized carbons (Fsp3) is 0.250. The molecule has 1 aromatic heterocycles. The summed E-state index contributed by atoms with van der Waals surface area (Å²) in [4.78, 5) is 13.3. The second-order valence-corrected chi connectivity index (χ2v) is 4.11. The van der Waals surface area contributed by atoms with Crippen LogP contribution in [0.3, 0.4) is 0 Å². The largest absolute Gasteiger partial charge is 0.343 e. The van der Waals surface area contributed by atoms with E-state index in [4.69, 9.17) is 0 Å². The van der Waals surface area contributed by atoms with E-state index in [-0.39, 0.29) is 11.7 Å². The van der Waals surface area contributed by atoms with Crippen molar-refractivity contribution < 1.29 is 9.18 Å². The Kier molecular flexibility index (Phi) is 3.10. The number of rotatable bonds is 2. The lowest BCUT2D eigenvalue weighted by atomic mass is 10.2. The normalized spacial score (nSPS) is 10.4. The quantitative estimate of drug-likeness (QED) is 0.807. The van der Waals surface area contributed by atoms with Crippen molar-refractivity contribution in [3.05, 3.63) is 41.5 Å². The zero-order valence-electron chi connectivity index (χ0n) is 10.4. The molecule has 0 saturated carbocycles. The number of nitrogens with zero attached hydrogens (tertiary/aromatic N) is 4. The number of benzene rings is 1. The molecule has 0 aliphatic rings. The number of carbonyl (C=O) groups is 1. The summed E-state index contributed by atoms with van der Waals surface area (Å²) in [5.74, 6) is -0.526. The van der Waals surface area contributed by atoms with Crippen LogP contribution in [-0.2, 0) is 0 Å². The number of hydrogen-bond acceptors (Lipinski definition) is 3. The van der Waals surface area contributed by atoms with Gasteiger partial charge in [-0.15, -0.1) is 5.10 Å². The van der Waals surface area contributed by atoms with Crippen molar-refractivity contribution in [1.29, 1.82) is 0 Å². The highest BCUT2D eigenvalue weighted by Gasteiger charge is 2.18. The van der Waals surface area contributed by atoms with Crippen LogP contribution in [0, 0.1) is 12.7 Å². The third-order valence-electron chi connectivity index (χ3n) is 2.57. The van der Waals surface area contributed by atoms with Crippen LogP contribution in [-0.4, -0.2) is 39.9 Å². The Labute approximate surface area is 104 Å². The molecule has 1 heterocycles. The van der Waals surface area contributed by atoms with Crippen LogP contribution in [0.5, 0.6) is 0 Å². The minimum atomic E-state index is -0.318. The Hall–Kier alpha value is -2.24. The first-order valence-electron chi connectivity index (χ1n) is 5.40. The van der Waals surface area contributed by atoms with Gasteiger partial charge in [-0.05, 0) is 31.2 Å².